The summed E-state index contributed by atoms with van der Waals surface area (Å²) in [7, 11) is 0. The van der Waals surface area contributed by atoms with Crippen LogP contribution in [0, 0.1) is 5.92 Å². The predicted molar refractivity (Wildman–Crippen MR) is 109 cm³/mol. The third-order valence-electron chi connectivity index (χ3n) is 5.19. The van der Waals surface area contributed by atoms with Crippen molar-refractivity contribution in [1.82, 2.24) is 5.32 Å². The molecule has 24 heavy (non-hydrogen) atoms. The van der Waals surface area contributed by atoms with Crippen molar-refractivity contribution in [2.75, 3.05) is 19.7 Å². The summed E-state index contributed by atoms with van der Waals surface area (Å²) in [6.07, 6.45) is 22.7. The van der Waals surface area contributed by atoms with Gasteiger partial charge < -0.3 is 10.4 Å². The molecule has 2 heteroatoms. The molecular formula is C22H47NO. The predicted octanol–water partition coefficient (Wildman–Crippen LogP) is 6.47. The molecule has 0 aliphatic carbocycles. The second kappa shape index (κ2) is 21.0. The first-order chi connectivity index (χ1) is 11.8. The molecule has 0 saturated heterocycles. The van der Waals surface area contributed by atoms with E-state index in [2.05, 4.69) is 19.2 Å². The van der Waals surface area contributed by atoms with Crippen molar-refractivity contribution in [2.24, 2.45) is 5.92 Å². The summed E-state index contributed by atoms with van der Waals surface area (Å²) in [6.45, 7) is 6.72. The average molecular weight is 342 g/mol. The maximum absolute atomic E-state index is 8.67. The Morgan fingerprint density at radius 3 is 1.54 bits per heavy atom. The molecule has 2 nitrogen and oxygen atoms in total. The molecule has 0 amide bonds. The van der Waals surface area contributed by atoms with Gasteiger partial charge in [0.25, 0.3) is 0 Å². The van der Waals surface area contributed by atoms with Gasteiger partial charge in [-0.2, -0.15) is 0 Å². The number of rotatable bonds is 20. The lowest BCUT2D eigenvalue weighted by molar-refractivity contribution is 0.292. The molecule has 0 aromatic heterocycles. The zero-order valence-corrected chi connectivity index (χ0v) is 17.0. The fourth-order valence-corrected chi connectivity index (χ4v) is 3.54. The number of aliphatic hydroxyl groups is 1. The summed E-state index contributed by atoms with van der Waals surface area (Å²) < 4.78 is 0. The van der Waals surface area contributed by atoms with Crippen molar-refractivity contribution < 1.29 is 5.11 Å². The van der Waals surface area contributed by atoms with Gasteiger partial charge in [-0.05, 0) is 18.9 Å². The van der Waals surface area contributed by atoms with Crippen molar-refractivity contribution in [3.05, 3.63) is 0 Å². The van der Waals surface area contributed by atoms with Gasteiger partial charge in [-0.25, -0.2) is 0 Å². The van der Waals surface area contributed by atoms with Crippen molar-refractivity contribution in [3.8, 4) is 0 Å². The number of aliphatic hydroxyl groups excluding tert-OH is 1. The zero-order chi connectivity index (χ0) is 17.7. The maximum Gasteiger partial charge on any atom is 0.0555 e. The summed E-state index contributed by atoms with van der Waals surface area (Å²) in [5.74, 6) is 1.02. The highest BCUT2D eigenvalue weighted by Gasteiger charge is 2.07. The number of hydrogen-bond acceptors (Lipinski definition) is 2. The first kappa shape index (κ1) is 23.9. The molecule has 0 aliphatic heterocycles. The molecule has 0 aliphatic rings. The minimum Gasteiger partial charge on any atom is -0.395 e. The van der Waals surface area contributed by atoms with Crippen molar-refractivity contribution >= 4 is 0 Å². The van der Waals surface area contributed by atoms with E-state index >= 15 is 0 Å². The Hall–Kier alpha value is -0.0800. The maximum atomic E-state index is 8.67. The van der Waals surface area contributed by atoms with Crippen LogP contribution in [0.5, 0.6) is 0 Å². The topological polar surface area (TPSA) is 32.3 Å². The van der Waals surface area contributed by atoms with Gasteiger partial charge in [-0.1, -0.05) is 110 Å². The molecule has 0 unspecified atom stereocenters. The van der Waals surface area contributed by atoms with Crippen LogP contribution in [0.1, 0.15) is 117 Å². The monoisotopic (exact) mass is 341 g/mol. The van der Waals surface area contributed by atoms with E-state index in [-0.39, 0.29) is 6.61 Å². The molecule has 0 saturated carbocycles. The van der Waals surface area contributed by atoms with Crippen LogP contribution >= 0.6 is 0 Å². The molecule has 146 valence electrons. The minimum atomic E-state index is 0.262. The largest absolute Gasteiger partial charge is 0.395 e. The first-order valence-corrected chi connectivity index (χ1v) is 11.2. The fourth-order valence-electron chi connectivity index (χ4n) is 3.54. The molecular weight excluding hydrogens is 294 g/mol. The Kier molecular flexibility index (Phi) is 20.9. The molecule has 0 fully saturated rings. The molecule has 0 rings (SSSR count). The van der Waals surface area contributed by atoms with Crippen LogP contribution in [-0.4, -0.2) is 24.8 Å². The molecule has 0 aromatic rings. The second-order valence-corrected chi connectivity index (χ2v) is 7.59. The van der Waals surface area contributed by atoms with Crippen LogP contribution in [0.3, 0.4) is 0 Å². The van der Waals surface area contributed by atoms with Gasteiger partial charge in [0.15, 0.2) is 0 Å². The van der Waals surface area contributed by atoms with Gasteiger partial charge in [0.1, 0.15) is 0 Å². The third kappa shape index (κ3) is 18.3. The van der Waals surface area contributed by atoms with Crippen LogP contribution in [-0.2, 0) is 0 Å². The van der Waals surface area contributed by atoms with Gasteiger partial charge in [-0.3, -0.25) is 0 Å². The lowest BCUT2D eigenvalue weighted by atomic mass is 9.90. The summed E-state index contributed by atoms with van der Waals surface area (Å²) in [4.78, 5) is 0. The Labute approximate surface area is 153 Å². The summed E-state index contributed by atoms with van der Waals surface area (Å²) in [6, 6.07) is 0. The van der Waals surface area contributed by atoms with E-state index in [1.54, 1.807) is 0 Å². The van der Waals surface area contributed by atoms with Crippen LogP contribution < -0.4 is 5.32 Å². The van der Waals surface area contributed by atoms with Gasteiger partial charge >= 0.3 is 0 Å². The van der Waals surface area contributed by atoms with Crippen molar-refractivity contribution in [3.63, 3.8) is 0 Å². The molecule has 0 aromatic carbocycles. The normalized spacial score (nSPS) is 11.5. The van der Waals surface area contributed by atoms with Gasteiger partial charge in [0.2, 0.25) is 0 Å². The highest BCUT2D eigenvalue weighted by Crippen LogP contribution is 2.23. The Bertz CT molecular complexity index is 212. The highest BCUT2D eigenvalue weighted by molar-refractivity contribution is 4.60. The van der Waals surface area contributed by atoms with Crippen molar-refractivity contribution in [1.29, 1.82) is 0 Å². The summed E-state index contributed by atoms with van der Waals surface area (Å²) in [5, 5.41) is 11.9. The van der Waals surface area contributed by atoms with Gasteiger partial charge in [-0.15, -0.1) is 0 Å². The third-order valence-corrected chi connectivity index (χ3v) is 5.19. The van der Waals surface area contributed by atoms with Crippen LogP contribution in [0.15, 0.2) is 0 Å². The molecule has 0 atom stereocenters. The van der Waals surface area contributed by atoms with E-state index in [0.717, 1.165) is 19.0 Å². The zero-order valence-electron chi connectivity index (χ0n) is 17.0. The Morgan fingerprint density at radius 2 is 1.04 bits per heavy atom. The average Bonchev–Trinajstić information content (AvgIpc) is 2.60. The van der Waals surface area contributed by atoms with Crippen LogP contribution in [0.25, 0.3) is 0 Å². The Morgan fingerprint density at radius 1 is 0.583 bits per heavy atom. The van der Waals surface area contributed by atoms with E-state index < -0.39 is 0 Å². The Balaban J connectivity index is 3.29. The lowest BCUT2D eigenvalue weighted by Gasteiger charge is -2.16. The van der Waals surface area contributed by atoms with E-state index in [1.807, 2.05) is 0 Å². The standard InChI is InChI=1S/C22H47NO/c1-3-5-16-22(17-6-4-2)18-14-12-10-8-7-9-11-13-15-19-23-20-21-24/h22-24H,3-21H2,1-2H3. The van der Waals surface area contributed by atoms with Gasteiger partial charge in [0, 0.05) is 6.54 Å². The molecule has 0 heterocycles. The number of unbranched alkanes of at least 4 members (excludes halogenated alkanes) is 10. The smallest absolute Gasteiger partial charge is 0.0555 e. The van der Waals surface area contributed by atoms with Crippen LogP contribution in [0.4, 0.5) is 0 Å². The molecule has 0 radical (unpaired) electrons. The van der Waals surface area contributed by atoms with E-state index in [0.29, 0.717) is 0 Å². The van der Waals surface area contributed by atoms with E-state index in [9.17, 15) is 0 Å². The van der Waals surface area contributed by atoms with E-state index in [4.69, 9.17) is 5.11 Å². The SMILES string of the molecule is CCCCC(CCCC)CCCCCCCCCCCNCCO. The number of nitrogens with one attached hydrogen (secondary N) is 1. The minimum absolute atomic E-state index is 0.262. The molecule has 0 spiro atoms. The van der Waals surface area contributed by atoms with Crippen LogP contribution in [0.2, 0.25) is 0 Å². The van der Waals surface area contributed by atoms with E-state index in [1.165, 1.54) is 103 Å². The fraction of sp³-hybridized carbons (Fsp3) is 1.00. The first-order valence-electron chi connectivity index (χ1n) is 11.2. The summed E-state index contributed by atoms with van der Waals surface area (Å²) >= 11 is 0. The van der Waals surface area contributed by atoms with Crippen molar-refractivity contribution in [2.45, 2.75) is 117 Å². The molecule has 0 bridgehead atoms. The molecule has 2 N–H and O–H groups in total. The number of hydrogen-bond donors (Lipinski definition) is 2. The summed E-state index contributed by atoms with van der Waals surface area (Å²) in [5.41, 5.74) is 0. The highest BCUT2D eigenvalue weighted by atomic mass is 16.3. The van der Waals surface area contributed by atoms with Gasteiger partial charge in [0.05, 0.1) is 6.61 Å². The second-order valence-electron chi connectivity index (χ2n) is 7.59. The lowest BCUT2D eigenvalue weighted by Crippen LogP contribution is -2.19. The quantitative estimate of drug-likeness (QED) is 0.249.